The molecular weight excluding hydrogens is 316 g/mol. The second-order valence-corrected chi connectivity index (χ2v) is 5.82. The predicted molar refractivity (Wildman–Crippen MR) is 89.0 cm³/mol. The summed E-state index contributed by atoms with van der Waals surface area (Å²) in [5.74, 6) is 5.83. The molecule has 0 spiro atoms. The van der Waals surface area contributed by atoms with E-state index in [-0.39, 0.29) is 12.6 Å². The van der Waals surface area contributed by atoms with E-state index >= 15 is 0 Å². The number of halogens is 1. The van der Waals surface area contributed by atoms with Gasteiger partial charge >= 0.3 is 5.97 Å². The highest BCUT2D eigenvalue weighted by molar-refractivity contribution is 9.09. The lowest BCUT2D eigenvalue weighted by Crippen LogP contribution is -2.04. The van der Waals surface area contributed by atoms with E-state index in [9.17, 15) is 4.79 Å². The van der Waals surface area contributed by atoms with Crippen molar-refractivity contribution in [3.63, 3.8) is 0 Å². The number of carbonyl (C=O) groups is 1. The Labute approximate surface area is 133 Å². The Balaban J connectivity index is 3.22. The van der Waals surface area contributed by atoms with Crippen LogP contribution in [-0.2, 0) is 9.53 Å². The van der Waals surface area contributed by atoms with Crippen molar-refractivity contribution in [2.75, 3.05) is 11.9 Å². The third-order valence-corrected chi connectivity index (χ3v) is 3.66. The first kappa shape index (κ1) is 19.5. The minimum absolute atomic E-state index is 0.147. The average molecular weight is 345 g/mol. The van der Waals surface area contributed by atoms with Crippen LogP contribution in [0.4, 0.5) is 0 Å². The zero-order valence-corrected chi connectivity index (χ0v) is 14.5. The Morgan fingerprint density at radius 1 is 0.950 bits per heavy atom. The van der Waals surface area contributed by atoms with Crippen molar-refractivity contribution in [1.82, 2.24) is 0 Å². The van der Waals surface area contributed by atoms with Crippen LogP contribution in [0.1, 0.15) is 77.6 Å². The molecular formula is C17H29BrO2. The summed E-state index contributed by atoms with van der Waals surface area (Å²) in [4.78, 5) is 11.2. The molecule has 0 heterocycles. The van der Waals surface area contributed by atoms with E-state index in [4.69, 9.17) is 4.74 Å². The van der Waals surface area contributed by atoms with Crippen LogP contribution in [0.3, 0.4) is 0 Å². The van der Waals surface area contributed by atoms with Gasteiger partial charge in [-0.05, 0) is 12.8 Å². The van der Waals surface area contributed by atoms with Crippen molar-refractivity contribution in [2.24, 2.45) is 0 Å². The number of unbranched alkanes of at least 4 members (excludes halogenated alkanes) is 8. The van der Waals surface area contributed by atoms with Gasteiger partial charge in [0.1, 0.15) is 0 Å². The van der Waals surface area contributed by atoms with Crippen LogP contribution < -0.4 is 0 Å². The van der Waals surface area contributed by atoms with E-state index in [1.54, 1.807) is 0 Å². The topological polar surface area (TPSA) is 26.3 Å². The Morgan fingerprint density at radius 3 is 2.25 bits per heavy atom. The molecule has 0 radical (unpaired) electrons. The molecule has 0 amide bonds. The lowest BCUT2D eigenvalue weighted by atomic mass is 10.1. The molecule has 20 heavy (non-hydrogen) atoms. The molecule has 0 aromatic rings. The lowest BCUT2D eigenvalue weighted by Gasteiger charge is -1.99. The van der Waals surface area contributed by atoms with Gasteiger partial charge in [-0.15, -0.1) is 0 Å². The maximum atomic E-state index is 11.2. The van der Waals surface area contributed by atoms with Gasteiger partial charge in [0.2, 0.25) is 0 Å². The van der Waals surface area contributed by atoms with Gasteiger partial charge in [0, 0.05) is 18.2 Å². The minimum Gasteiger partial charge on any atom is -0.452 e. The van der Waals surface area contributed by atoms with Gasteiger partial charge in [-0.2, -0.15) is 0 Å². The molecule has 0 atom stereocenters. The van der Waals surface area contributed by atoms with Crippen LogP contribution in [0, 0.1) is 11.8 Å². The smallest absolute Gasteiger partial charge is 0.306 e. The van der Waals surface area contributed by atoms with E-state index in [0.717, 1.165) is 24.6 Å². The Kier molecular flexibility index (Phi) is 16.2. The third-order valence-electron chi connectivity index (χ3n) is 3.10. The number of esters is 1. The molecule has 0 aliphatic heterocycles. The molecule has 0 saturated heterocycles. The van der Waals surface area contributed by atoms with Crippen LogP contribution in [0.15, 0.2) is 0 Å². The second kappa shape index (κ2) is 16.6. The van der Waals surface area contributed by atoms with Crippen LogP contribution in [0.25, 0.3) is 0 Å². The maximum Gasteiger partial charge on any atom is 0.306 e. The number of carbonyl (C=O) groups excluding carboxylic acids is 1. The predicted octanol–water partition coefficient (Wildman–Crippen LogP) is 5.24. The maximum absolute atomic E-state index is 11.2. The SMILES string of the molecule is CCCCCCCCCCC#CCOC(=O)CCCBr. The van der Waals surface area contributed by atoms with E-state index < -0.39 is 0 Å². The van der Waals surface area contributed by atoms with Crippen molar-refractivity contribution in [2.45, 2.75) is 77.6 Å². The van der Waals surface area contributed by atoms with Crippen LogP contribution in [0.5, 0.6) is 0 Å². The summed E-state index contributed by atoms with van der Waals surface area (Å²) in [5.41, 5.74) is 0. The molecule has 116 valence electrons. The molecule has 0 aromatic carbocycles. The van der Waals surface area contributed by atoms with E-state index in [1.165, 1.54) is 44.9 Å². The zero-order chi connectivity index (χ0) is 14.9. The molecule has 0 aromatic heterocycles. The van der Waals surface area contributed by atoms with Gasteiger partial charge in [0.25, 0.3) is 0 Å². The number of hydrogen-bond donors (Lipinski definition) is 0. The molecule has 0 saturated carbocycles. The van der Waals surface area contributed by atoms with Gasteiger partial charge in [-0.1, -0.05) is 79.6 Å². The molecule has 0 rings (SSSR count). The van der Waals surface area contributed by atoms with Gasteiger partial charge < -0.3 is 4.74 Å². The number of hydrogen-bond acceptors (Lipinski definition) is 2. The minimum atomic E-state index is -0.147. The Bertz CT molecular complexity index is 278. The highest BCUT2D eigenvalue weighted by Crippen LogP contribution is 2.09. The fraction of sp³-hybridized carbons (Fsp3) is 0.824. The highest BCUT2D eigenvalue weighted by Gasteiger charge is 1.99. The average Bonchev–Trinajstić information content (AvgIpc) is 2.46. The van der Waals surface area contributed by atoms with E-state index in [2.05, 4.69) is 34.7 Å². The summed E-state index contributed by atoms with van der Waals surface area (Å²) in [6, 6.07) is 0. The quantitative estimate of drug-likeness (QED) is 0.209. The van der Waals surface area contributed by atoms with Crippen molar-refractivity contribution in [3.05, 3.63) is 0 Å². The van der Waals surface area contributed by atoms with Crippen LogP contribution in [0.2, 0.25) is 0 Å². The largest absolute Gasteiger partial charge is 0.452 e. The second-order valence-electron chi connectivity index (χ2n) is 5.03. The standard InChI is InChI=1S/C17H29BrO2/c1-2-3-4-5-6-7-8-9-10-11-12-16-20-17(19)14-13-15-18/h2-10,13-16H2,1H3. The number of ether oxygens (including phenoxy) is 1. The van der Waals surface area contributed by atoms with Crippen molar-refractivity contribution in [1.29, 1.82) is 0 Å². The van der Waals surface area contributed by atoms with E-state index in [1.807, 2.05) is 0 Å². The fourth-order valence-electron chi connectivity index (χ4n) is 1.89. The summed E-state index contributed by atoms with van der Waals surface area (Å²) >= 11 is 3.28. The first-order chi connectivity index (χ1) is 9.81. The summed E-state index contributed by atoms with van der Waals surface area (Å²) < 4.78 is 4.99. The van der Waals surface area contributed by atoms with Crippen LogP contribution in [-0.4, -0.2) is 17.9 Å². The summed E-state index contributed by atoms with van der Waals surface area (Å²) in [6.07, 6.45) is 12.8. The molecule has 3 heteroatoms. The fourth-order valence-corrected chi connectivity index (χ4v) is 2.17. The molecule has 0 N–H and O–H groups in total. The first-order valence-corrected chi connectivity index (χ1v) is 9.10. The van der Waals surface area contributed by atoms with Crippen LogP contribution >= 0.6 is 15.9 Å². The first-order valence-electron chi connectivity index (χ1n) is 7.98. The zero-order valence-electron chi connectivity index (χ0n) is 12.9. The summed E-state index contributed by atoms with van der Waals surface area (Å²) in [6.45, 7) is 2.50. The molecule has 2 nitrogen and oxygen atoms in total. The lowest BCUT2D eigenvalue weighted by molar-refractivity contribution is -0.142. The highest BCUT2D eigenvalue weighted by atomic mass is 79.9. The molecule has 0 bridgehead atoms. The Morgan fingerprint density at radius 2 is 1.60 bits per heavy atom. The Hall–Kier alpha value is -0.490. The van der Waals surface area contributed by atoms with Gasteiger partial charge in [0.05, 0.1) is 0 Å². The molecule has 0 unspecified atom stereocenters. The van der Waals surface area contributed by atoms with Gasteiger partial charge in [-0.3, -0.25) is 4.79 Å². The van der Waals surface area contributed by atoms with Gasteiger partial charge in [0.15, 0.2) is 6.61 Å². The molecule has 0 fully saturated rings. The molecule has 0 aliphatic rings. The normalized spacial score (nSPS) is 9.90. The number of rotatable bonds is 12. The molecule has 0 aliphatic carbocycles. The van der Waals surface area contributed by atoms with Crippen molar-refractivity contribution in [3.8, 4) is 11.8 Å². The summed E-state index contributed by atoms with van der Waals surface area (Å²) in [5, 5.41) is 0.840. The van der Waals surface area contributed by atoms with E-state index in [0.29, 0.717) is 6.42 Å². The van der Waals surface area contributed by atoms with Crippen molar-refractivity contribution < 1.29 is 9.53 Å². The summed E-state index contributed by atoms with van der Waals surface area (Å²) in [7, 11) is 0. The monoisotopic (exact) mass is 344 g/mol. The van der Waals surface area contributed by atoms with Gasteiger partial charge in [-0.25, -0.2) is 0 Å². The van der Waals surface area contributed by atoms with Crippen molar-refractivity contribution >= 4 is 21.9 Å². The number of alkyl halides is 1. The third kappa shape index (κ3) is 15.6.